The Morgan fingerprint density at radius 1 is 0.857 bits per heavy atom. The first-order chi connectivity index (χ1) is 9.99. The van der Waals surface area contributed by atoms with Gasteiger partial charge in [-0.15, -0.1) is 11.6 Å². The van der Waals surface area contributed by atoms with Gasteiger partial charge in [-0.25, -0.2) is 0 Å². The molecule has 112 valence electrons. The van der Waals surface area contributed by atoms with Crippen LogP contribution in [0.15, 0.2) is 48.5 Å². The van der Waals surface area contributed by atoms with E-state index in [2.05, 4.69) is 74.6 Å². The van der Waals surface area contributed by atoms with Crippen LogP contribution in [0.2, 0.25) is 0 Å². The maximum absolute atomic E-state index is 5.86. The van der Waals surface area contributed by atoms with Gasteiger partial charge in [-0.3, -0.25) is 0 Å². The van der Waals surface area contributed by atoms with E-state index < -0.39 is 0 Å². The van der Waals surface area contributed by atoms with E-state index in [-0.39, 0.29) is 5.41 Å². The summed E-state index contributed by atoms with van der Waals surface area (Å²) in [5, 5.41) is 3.48. The second kappa shape index (κ2) is 7.11. The second-order valence-electron chi connectivity index (χ2n) is 6.50. The SMILES string of the molecule is CC(C)(C)c1ccc(CNCc2cccc(CCl)c2)cc1. The minimum Gasteiger partial charge on any atom is -0.309 e. The van der Waals surface area contributed by atoms with Crippen molar-refractivity contribution in [2.75, 3.05) is 0 Å². The van der Waals surface area contributed by atoms with E-state index in [0.29, 0.717) is 5.88 Å². The van der Waals surface area contributed by atoms with Gasteiger partial charge in [-0.1, -0.05) is 69.3 Å². The van der Waals surface area contributed by atoms with Crippen LogP contribution in [0.5, 0.6) is 0 Å². The fourth-order valence-electron chi connectivity index (χ4n) is 2.30. The second-order valence-corrected chi connectivity index (χ2v) is 6.77. The highest BCUT2D eigenvalue weighted by molar-refractivity contribution is 6.17. The third-order valence-electron chi connectivity index (χ3n) is 3.62. The number of nitrogens with one attached hydrogen (secondary N) is 1. The third kappa shape index (κ3) is 4.87. The van der Waals surface area contributed by atoms with Gasteiger partial charge in [0.1, 0.15) is 0 Å². The normalized spacial score (nSPS) is 11.6. The molecule has 21 heavy (non-hydrogen) atoms. The summed E-state index contributed by atoms with van der Waals surface area (Å²) in [4.78, 5) is 0. The molecular weight excluding hydrogens is 278 g/mol. The van der Waals surface area contributed by atoms with Crippen LogP contribution < -0.4 is 5.32 Å². The molecular formula is C19H24ClN. The third-order valence-corrected chi connectivity index (χ3v) is 3.93. The van der Waals surface area contributed by atoms with Crippen LogP contribution in [0.4, 0.5) is 0 Å². The van der Waals surface area contributed by atoms with E-state index in [1.165, 1.54) is 22.3 Å². The minimum absolute atomic E-state index is 0.216. The molecule has 0 aromatic heterocycles. The van der Waals surface area contributed by atoms with Crippen molar-refractivity contribution in [3.8, 4) is 0 Å². The number of hydrogen-bond acceptors (Lipinski definition) is 1. The summed E-state index contributed by atoms with van der Waals surface area (Å²) in [6, 6.07) is 17.3. The zero-order valence-electron chi connectivity index (χ0n) is 13.1. The van der Waals surface area contributed by atoms with Crippen molar-refractivity contribution in [3.63, 3.8) is 0 Å². The van der Waals surface area contributed by atoms with Crippen LogP contribution in [-0.2, 0) is 24.4 Å². The molecule has 1 N–H and O–H groups in total. The zero-order chi connectivity index (χ0) is 15.3. The molecule has 0 aliphatic carbocycles. The number of alkyl halides is 1. The summed E-state index contributed by atoms with van der Waals surface area (Å²) < 4.78 is 0. The maximum Gasteiger partial charge on any atom is 0.0474 e. The van der Waals surface area contributed by atoms with Crippen molar-refractivity contribution >= 4 is 11.6 Å². The summed E-state index contributed by atoms with van der Waals surface area (Å²) in [5.41, 5.74) is 5.36. The van der Waals surface area contributed by atoms with Crippen molar-refractivity contribution < 1.29 is 0 Å². The molecule has 0 radical (unpaired) electrons. The van der Waals surface area contributed by atoms with Gasteiger partial charge >= 0.3 is 0 Å². The van der Waals surface area contributed by atoms with E-state index in [1.54, 1.807) is 0 Å². The van der Waals surface area contributed by atoms with Crippen molar-refractivity contribution in [2.45, 2.75) is 45.2 Å². The van der Waals surface area contributed by atoms with E-state index in [9.17, 15) is 0 Å². The maximum atomic E-state index is 5.86. The lowest BCUT2D eigenvalue weighted by Gasteiger charge is -2.19. The van der Waals surface area contributed by atoms with E-state index >= 15 is 0 Å². The van der Waals surface area contributed by atoms with Crippen LogP contribution in [0.1, 0.15) is 43.0 Å². The average molecular weight is 302 g/mol. The van der Waals surface area contributed by atoms with Crippen molar-refractivity contribution in [1.29, 1.82) is 0 Å². The predicted octanol–water partition coefficient (Wildman–Crippen LogP) is 5.01. The summed E-state index contributed by atoms with van der Waals surface area (Å²) >= 11 is 5.86. The molecule has 0 heterocycles. The highest BCUT2D eigenvalue weighted by Crippen LogP contribution is 2.22. The monoisotopic (exact) mass is 301 g/mol. The molecule has 0 bridgehead atoms. The lowest BCUT2D eigenvalue weighted by molar-refractivity contribution is 0.589. The Labute approximate surface area is 133 Å². The minimum atomic E-state index is 0.216. The fourth-order valence-corrected chi connectivity index (χ4v) is 2.46. The molecule has 2 aromatic carbocycles. The summed E-state index contributed by atoms with van der Waals surface area (Å²) in [5.74, 6) is 0.572. The molecule has 0 amide bonds. The Bertz CT molecular complexity index is 567. The van der Waals surface area contributed by atoms with Gasteiger partial charge in [0.2, 0.25) is 0 Å². The molecule has 0 atom stereocenters. The zero-order valence-corrected chi connectivity index (χ0v) is 13.9. The predicted molar refractivity (Wildman–Crippen MR) is 91.7 cm³/mol. The van der Waals surface area contributed by atoms with E-state index in [0.717, 1.165) is 13.1 Å². The molecule has 0 fully saturated rings. The van der Waals surface area contributed by atoms with E-state index in [4.69, 9.17) is 11.6 Å². The lowest BCUT2D eigenvalue weighted by atomic mass is 9.87. The molecule has 0 saturated carbocycles. The van der Waals surface area contributed by atoms with Crippen LogP contribution in [0.25, 0.3) is 0 Å². The Hall–Kier alpha value is -1.31. The standard InChI is InChI=1S/C19H24ClN/c1-19(2,3)18-9-7-15(8-10-18)13-21-14-17-6-4-5-16(11-17)12-20/h4-11,21H,12-14H2,1-3H3. The Morgan fingerprint density at radius 3 is 2.10 bits per heavy atom. The Balaban J connectivity index is 1.88. The quantitative estimate of drug-likeness (QED) is 0.765. The van der Waals surface area contributed by atoms with Crippen molar-refractivity contribution in [2.24, 2.45) is 0 Å². The number of benzene rings is 2. The first kappa shape index (κ1) is 16.1. The number of hydrogen-bond donors (Lipinski definition) is 1. The largest absolute Gasteiger partial charge is 0.309 e. The van der Waals surface area contributed by atoms with Gasteiger partial charge < -0.3 is 5.32 Å². The van der Waals surface area contributed by atoms with Gasteiger partial charge in [-0.05, 0) is 27.7 Å². The number of rotatable bonds is 5. The van der Waals surface area contributed by atoms with Crippen LogP contribution in [-0.4, -0.2) is 0 Å². The van der Waals surface area contributed by atoms with Crippen LogP contribution in [0, 0.1) is 0 Å². The van der Waals surface area contributed by atoms with Gasteiger partial charge in [0.25, 0.3) is 0 Å². The smallest absolute Gasteiger partial charge is 0.0474 e. The van der Waals surface area contributed by atoms with Gasteiger partial charge in [0, 0.05) is 19.0 Å². The number of halogens is 1. The van der Waals surface area contributed by atoms with Crippen LogP contribution in [0.3, 0.4) is 0 Å². The molecule has 0 saturated heterocycles. The van der Waals surface area contributed by atoms with Crippen molar-refractivity contribution in [3.05, 3.63) is 70.8 Å². The molecule has 0 aliphatic heterocycles. The molecule has 1 nitrogen and oxygen atoms in total. The summed E-state index contributed by atoms with van der Waals surface area (Å²) in [7, 11) is 0. The van der Waals surface area contributed by atoms with Gasteiger partial charge in [-0.2, -0.15) is 0 Å². The van der Waals surface area contributed by atoms with E-state index in [1.807, 2.05) is 0 Å². The van der Waals surface area contributed by atoms with Crippen molar-refractivity contribution in [1.82, 2.24) is 5.32 Å². The van der Waals surface area contributed by atoms with Gasteiger partial charge in [0.15, 0.2) is 0 Å². The fraction of sp³-hybridized carbons (Fsp3) is 0.368. The highest BCUT2D eigenvalue weighted by Gasteiger charge is 2.12. The summed E-state index contributed by atoms with van der Waals surface area (Å²) in [6.07, 6.45) is 0. The molecule has 0 aliphatic rings. The molecule has 0 spiro atoms. The topological polar surface area (TPSA) is 12.0 Å². The highest BCUT2D eigenvalue weighted by atomic mass is 35.5. The van der Waals surface area contributed by atoms with Gasteiger partial charge in [0.05, 0.1) is 0 Å². The first-order valence-electron chi connectivity index (χ1n) is 7.43. The molecule has 2 heteroatoms. The molecule has 2 aromatic rings. The molecule has 2 rings (SSSR count). The molecule has 0 unspecified atom stereocenters. The lowest BCUT2D eigenvalue weighted by Crippen LogP contribution is -2.14. The van der Waals surface area contributed by atoms with Crippen LogP contribution >= 0.6 is 11.6 Å². The average Bonchev–Trinajstić information content (AvgIpc) is 2.47. The Kier molecular flexibility index (Phi) is 5.44. The Morgan fingerprint density at radius 2 is 1.48 bits per heavy atom. The first-order valence-corrected chi connectivity index (χ1v) is 7.96. The summed E-state index contributed by atoms with van der Waals surface area (Å²) in [6.45, 7) is 8.47.